The van der Waals surface area contributed by atoms with Crippen LogP contribution in [-0.4, -0.2) is 27.0 Å². The van der Waals surface area contributed by atoms with E-state index < -0.39 is 0 Å². The van der Waals surface area contributed by atoms with Crippen molar-refractivity contribution in [1.82, 2.24) is 19.9 Å². The summed E-state index contributed by atoms with van der Waals surface area (Å²) < 4.78 is 0. The molecule has 0 aromatic carbocycles. The van der Waals surface area contributed by atoms with Crippen molar-refractivity contribution >= 4 is 17.6 Å². The van der Waals surface area contributed by atoms with Crippen molar-refractivity contribution in [2.75, 3.05) is 12.4 Å². The lowest BCUT2D eigenvalue weighted by atomic mass is 10.2. The fourth-order valence-electron chi connectivity index (χ4n) is 1.87. The first-order valence-corrected chi connectivity index (χ1v) is 7.23. The van der Waals surface area contributed by atoms with Crippen molar-refractivity contribution in [3.05, 3.63) is 34.0 Å². The van der Waals surface area contributed by atoms with Gasteiger partial charge in [0.05, 0.1) is 0 Å². The Kier molecular flexibility index (Phi) is 4.73. The van der Waals surface area contributed by atoms with Crippen LogP contribution in [0.1, 0.15) is 24.6 Å². The van der Waals surface area contributed by atoms with Crippen LogP contribution in [0.2, 0.25) is 0 Å². The Balaban J connectivity index is 2.39. The lowest BCUT2D eigenvalue weighted by Gasteiger charge is -2.11. The van der Waals surface area contributed by atoms with E-state index >= 15 is 0 Å². The SMILES string of the molecule is CCCc1c(NC)ncnc1Sc1nc(C)cc(=O)[nH]1. The lowest BCUT2D eigenvalue weighted by Crippen LogP contribution is -2.09. The molecule has 6 nitrogen and oxygen atoms in total. The topological polar surface area (TPSA) is 83.6 Å². The molecule has 0 unspecified atom stereocenters. The first-order chi connectivity index (χ1) is 9.63. The molecule has 0 bridgehead atoms. The molecule has 2 rings (SSSR count). The molecule has 106 valence electrons. The molecule has 0 fully saturated rings. The Morgan fingerprint density at radius 3 is 2.85 bits per heavy atom. The fraction of sp³-hybridized carbons (Fsp3) is 0.385. The van der Waals surface area contributed by atoms with Crippen molar-refractivity contribution in [1.29, 1.82) is 0 Å². The predicted molar refractivity (Wildman–Crippen MR) is 79.3 cm³/mol. The first kappa shape index (κ1) is 14.5. The molecule has 2 aromatic rings. The molecule has 7 heteroatoms. The molecular formula is C13H17N5OS. The number of H-pyrrole nitrogens is 1. The monoisotopic (exact) mass is 291 g/mol. The highest BCUT2D eigenvalue weighted by Crippen LogP contribution is 2.29. The largest absolute Gasteiger partial charge is 0.373 e. The third-order valence-corrected chi connectivity index (χ3v) is 3.62. The summed E-state index contributed by atoms with van der Waals surface area (Å²) in [6.45, 7) is 3.90. The number of anilines is 1. The number of hydrogen-bond donors (Lipinski definition) is 2. The maximum absolute atomic E-state index is 11.5. The van der Waals surface area contributed by atoms with E-state index in [0.717, 1.165) is 29.2 Å². The molecule has 2 heterocycles. The summed E-state index contributed by atoms with van der Waals surface area (Å²) in [5, 5.41) is 4.44. The Morgan fingerprint density at radius 2 is 2.20 bits per heavy atom. The fourth-order valence-corrected chi connectivity index (χ4v) is 2.81. The maximum Gasteiger partial charge on any atom is 0.251 e. The summed E-state index contributed by atoms with van der Waals surface area (Å²) in [5.74, 6) is 0.819. The van der Waals surface area contributed by atoms with E-state index in [2.05, 4.69) is 32.2 Å². The second-order valence-electron chi connectivity index (χ2n) is 4.30. The highest BCUT2D eigenvalue weighted by Gasteiger charge is 2.12. The summed E-state index contributed by atoms with van der Waals surface area (Å²) in [4.78, 5) is 27.0. The number of aromatic nitrogens is 4. The van der Waals surface area contributed by atoms with Gasteiger partial charge < -0.3 is 10.3 Å². The Morgan fingerprint density at radius 1 is 1.40 bits per heavy atom. The first-order valence-electron chi connectivity index (χ1n) is 6.41. The Hall–Kier alpha value is -1.89. The van der Waals surface area contributed by atoms with E-state index in [4.69, 9.17) is 0 Å². The molecule has 20 heavy (non-hydrogen) atoms. The summed E-state index contributed by atoms with van der Waals surface area (Å²) in [7, 11) is 1.84. The lowest BCUT2D eigenvalue weighted by molar-refractivity contribution is 0.850. The van der Waals surface area contributed by atoms with E-state index in [1.807, 2.05) is 7.05 Å². The number of aromatic amines is 1. The number of rotatable bonds is 5. The van der Waals surface area contributed by atoms with Crippen molar-refractivity contribution in [3.8, 4) is 0 Å². The summed E-state index contributed by atoms with van der Waals surface area (Å²) in [6, 6.07) is 1.47. The van der Waals surface area contributed by atoms with Crippen LogP contribution in [0.15, 0.2) is 27.4 Å². The molecule has 2 aromatic heterocycles. The van der Waals surface area contributed by atoms with Gasteiger partial charge in [0.2, 0.25) is 0 Å². The molecule has 0 spiro atoms. The van der Waals surface area contributed by atoms with Gasteiger partial charge >= 0.3 is 0 Å². The summed E-state index contributed by atoms with van der Waals surface area (Å²) in [5.41, 5.74) is 1.59. The normalized spacial score (nSPS) is 10.6. The van der Waals surface area contributed by atoms with Crippen LogP contribution >= 0.6 is 11.8 Å². The van der Waals surface area contributed by atoms with Gasteiger partial charge in [-0.25, -0.2) is 15.0 Å². The average Bonchev–Trinajstić information content (AvgIpc) is 2.39. The van der Waals surface area contributed by atoms with E-state index in [-0.39, 0.29) is 5.56 Å². The quantitative estimate of drug-likeness (QED) is 0.647. The number of aryl methyl sites for hydroxylation is 1. The Bertz CT molecular complexity index is 655. The van der Waals surface area contributed by atoms with Gasteiger partial charge in [0.15, 0.2) is 5.16 Å². The van der Waals surface area contributed by atoms with Gasteiger partial charge in [-0.3, -0.25) is 4.79 Å². The van der Waals surface area contributed by atoms with Gasteiger partial charge in [0.1, 0.15) is 17.2 Å². The van der Waals surface area contributed by atoms with Gasteiger partial charge in [-0.15, -0.1) is 0 Å². The molecule has 0 aliphatic heterocycles. The second-order valence-corrected chi connectivity index (χ2v) is 5.28. The average molecular weight is 291 g/mol. The molecule has 0 saturated heterocycles. The smallest absolute Gasteiger partial charge is 0.251 e. The summed E-state index contributed by atoms with van der Waals surface area (Å²) >= 11 is 1.35. The minimum Gasteiger partial charge on any atom is -0.373 e. The van der Waals surface area contributed by atoms with E-state index in [1.54, 1.807) is 6.92 Å². The number of hydrogen-bond acceptors (Lipinski definition) is 6. The van der Waals surface area contributed by atoms with Crippen LogP contribution < -0.4 is 10.9 Å². The van der Waals surface area contributed by atoms with Gasteiger partial charge in [-0.1, -0.05) is 13.3 Å². The molecule has 0 amide bonds. The predicted octanol–water partition coefficient (Wildman–Crippen LogP) is 2.01. The molecule has 0 saturated carbocycles. The van der Waals surface area contributed by atoms with E-state index in [9.17, 15) is 4.79 Å². The third kappa shape index (κ3) is 3.36. The summed E-state index contributed by atoms with van der Waals surface area (Å²) in [6.07, 6.45) is 3.38. The molecule has 0 atom stereocenters. The second kappa shape index (κ2) is 6.51. The number of nitrogens with one attached hydrogen (secondary N) is 2. The van der Waals surface area contributed by atoms with Crippen LogP contribution in [0.5, 0.6) is 0 Å². The minimum atomic E-state index is -0.153. The third-order valence-electron chi connectivity index (χ3n) is 2.68. The van der Waals surface area contributed by atoms with Crippen LogP contribution in [0.25, 0.3) is 0 Å². The molecule has 0 aliphatic carbocycles. The van der Waals surface area contributed by atoms with Crippen molar-refractivity contribution in [2.45, 2.75) is 36.9 Å². The van der Waals surface area contributed by atoms with Crippen LogP contribution in [0, 0.1) is 6.92 Å². The van der Waals surface area contributed by atoms with Crippen LogP contribution in [0.3, 0.4) is 0 Å². The van der Waals surface area contributed by atoms with Gasteiger partial charge in [-0.2, -0.15) is 0 Å². The van der Waals surface area contributed by atoms with Gasteiger partial charge in [0, 0.05) is 24.4 Å². The van der Waals surface area contributed by atoms with Crippen molar-refractivity contribution < 1.29 is 0 Å². The zero-order valence-corrected chi connectivity index (χ0v) is 12.5. The standard InChI is InChI=1S/C13H17N5OS/c1-4-5-9-11(14-3)15-7-16-12(9)20-13-17-8(2)6-10(19)18-13/h6-7H,4-5H2,1-3H3,(H,14,15,16)(H,17,18,19). The molecule has 2 N–H and O–H groups in total. The highest BCUT2D eigenvalue weighted by atomic mass is 32.2. The van der Waals surface area contributed by atoms with E-state index in [0.29, 0.717) is 10.9 Å². The van der Waals surface area contributed by atoms with Crippen LogP contribution in [-0.2, 0) is 6.42 Å². The Labute approximate surface area is 121 Å². The van der Waals surface area contributed by atoms with Crippen molar-refractivity contribution in [3.63, 3.8) is 0 Å². The molecular weight excluding hydrogens is 274 g/mol. The zero-order chi connectivity index (χ0) is 14.5. The molecule has 0 radical (unpaired) electrons. The van der Waals surface area contributed by atoms with Crippen molar-refractivity contribution in [2.24, 2.45) is 0 Å². The number of nitrogens with zero attached hydrogens (tertiary/aromatic N) is 3. The molecule has 0 aliphatic rings. The van der Waals surface area contributed by atoms with Crippen LogP contribution in [0.4, 0.5) is 5.82 Å². The zero-order valence-electron chi connectivity index (χ0n) is 11.7. The van der Waals surface area contributed by atoms with E-state index in [1.165, 1.54) is 24.2 Å². The highest BCUT2D eigenvalue weighted by molar-refractivity contribution is 7.99. The van der Waals surface area contributed by atoms with Gasteiger partial charge in [-0.05, 0) is 25.1 Å². The maximum atomic E-state index is 11.5. The van der Waals surface area contributed by atoms with Gasteiger partial charge in [0.25, 0.3) is 5.56 Å². The minimum absolute atomic E-state index is 0.153.